The Balaban J connectivity index is 3.68. The Kier molecular flexibility index (Phi) is 4.72. The first kappa shape index (κ1) is 16.8. The summed E-state index contributed by atoms with van der Waals surface area (Å²) < 4.78 is 76.4. The summed E-state index contributed by atoms with van der Waals surface area (Å²) in [7, 11) is 0. The van der Waals surface area contributed by atoms with Gasteiger partial charge in [-0.25, -0.2) is 4.79 Å². The third kappa shape index (κ3) is 3.87. The van der Waals surface area contributed by atoms with Crippen LogP contribution in [0, 0.1) is 3.57 Å². The second kappa shape index (κ2) is 5.62. The number of hydrogen-bond donors (Lipinski definition) is 1. The summed E-state index contributed by atoms with van der Waals surface area (Å²) in [6, 6.07) is 1.17. The van der Waals surface area contributed by atoms with Crippen LogP contribution < -0.4 is 0 Å². The highest BCUT2D eigenvalue weighted by molar-refractivity contribution is 14.1. The van der Waals surface area contributed by atoms with Gasteiger partial charge in [0.15, 0.2) is 0 Å². The fraction of sp³-hybridized carbons (Fsp3) is 0.182. The molecule has 0 atom stereocenters. The number of alkyl halides is 6. The van der Waals surface area contributed by atoms with Crippen molar-refractivity contribution in [1.29, 1.82) is 0 Å². The van der Waals surface area contributed by atoms with Crippen LogP contribution in [-0.4, -0.2) is 11.1 Å². The molecule has 0 aliphatic carbocycles. The van der Waals surface area contributed by atoms with Crippen LogP contribution in [0.3, 0.4) is 0 Å². The fourth-order valence-electron chi connectivity index (χ4n) is 1.45. The number of halogens is 7. The molecule has 1 aromatic rings. The van der Waals surface area contributed by atoms with E-state index in [2.05, 4.69) is 0 Å². The molecule has 0 spiro atoms. The first-order valence-corrected chi connectivity index (χ1v) is 5.90. The zero-order valence-electron chi connectivity index (χ0n) is 9.31. The first-order valence-electron chi connectivity index (χ1n) is 4.82. The molecule has 0 unspecified atom stereocenters. The zero-order chi connectivity index (χ0) is 15.7. The highest BCUT2D eigenvalue weighted by atomic mass is 127. The summed E-state index contributed by atoms with van der Waals surface area (Å²) in [6.45, 7) is 0. The van der Waals surface area contributed by atoms with Gasteiger partial charge in [-0.15, -0.1) is 0 Å². The molecule has 0 saturated heterocycles. The summed E-state index contributed by atoms with van der Waals surface area (Å²) >= 11 is 1.41. The molecule has 2 nitrogen and oxygen atoms in total. The molecule has 0 aromatic heterocycles. The average molecular weight is 410 g/mol. The van der Waals surface area contributed by atoms with Gasteiger partial charge in [-0.3, -0.25) is 0 Å². The Bertz CT molecular complexity index is 559. The molecule has 0 aliphatic heterocycles. The van der Waals surface area contributed by atoms with Crippen LogP contribution in [0.5, 0.6) is 0 Å². The van der Waals surface area contributed by atoms with Crippen LogP contribution in [-0.2, 0) is 17.1 Å². The normalized spacial score (nSPS) is 12.9. The molecule has 0 bridgehead atoms. The van der Waals surface area contributed by atoms with Gasteiger partial charge in [-0.1, -0.05) is 0 Å². The number of carbonyl (C=O) groups is 1. The average Bonchev–Trinajstić information content (AvgIpc) is 2.23. The monoisotopic (exact) mass is 410 g/mol. The molecule has 0 radical (unpaired) electrons. The Hall–Kier alpha value is -1.26. The molecule has 0 saturated carbocycles. The van der Waals surface area contributed by atoms with Crippen molar-refractivity contribution in [1.82, 2.24) is 0 Å². The Labute approximate surface area is 122 Å². The highest BCUT2D eigenvalue weighted by Gasteiger charge is 2.44. The molecular formula is C11H5F6IO2. The van der Waals surface area contributed by atoms with Gasteiger partial charge in [-0.05, 0) is 40.8 Å². The highest BCUT2D eigenvalue weighted by Crippen LogP contribution is 2.43. The maximum absolute atomic E-state index is 12.9. The van der Waals surface area contributed by atoms with E-state index in [9.17, 15) is 31.1 Å². The third-order valence-corrected chi connectivity index (χ3v) is 3.11. The topological polar surface area (TPSA) is 37.3 Å². The van der Waals surface area contributed by atoms with Crippen molar-refractivity contribution < 1.29 is 36.2 Å². The molecule has 0 fully saturated rings. The standard InChI is InChI=1S/C11H5F6IO2/c12-10(13,14)6-2-3-7(18)5(1-4-8(19)20)9(6)11(15,16)17/h1-4H,(H,19,20)/b4-1+. The number of hydrogen-bond acceptors (Lipinski definition) is 1. The van der Waals surface area contributed by atoms with Gasteiger partial charge >= 0.3 is 18.3 Å². The molecule has 20 heavy (non-hydrogen) atoms. The molecule has 1 aromatic carbocycles. The van der Waals surface area contributed by atoms with Crippen molar-refractivity contribution in [2.24, 2.45) is 0 Å². The zero-order valence-corrected chi connectivity index (χ0v) is 11.5. The fourth-order valence-corrected chi connectivity index (χ4v) is 2.08. The van der Waals surface area contributed by atoms with E-state index in [1.165, 1.54) is 22.6 Å². The molecule has 0 amide bonds. The third-order valence-electron chi connectivity index (χ3n) is 2.17. The summed E-state index contributed by atoms with van der Waals surface area (Å²) in [4.78, 5) is 10.3. The molecule has 0 aliphatic rings. The van der Waals surface area contributed by atoms with Crippen LogP contribution in [0.15, 0.2) is 18.2 Å². The minimum Gasteiger partial charge on any atom is -0.478 e. The number of rotatable bonds is 2. The van der Waals surface area contributed by atoms with Crippen LogP contribution >= 0.6 is 22.6 Å². The van der Waals surface area contributed by atoms with Crippen molar-refractivity contribution in [3.8, 4) is 0 Å². The van der Waals surface area contributed by atoms with E-state index in [4.69, 9.17) is 5.11 Å². The van der Waals surface area contributed by atoms with Gasteiger partial charge in [0.2, 0.25) is 0 Å². The molecule has 1 rings (SSSR count). The molecule has 1 N–H and O–H groups in total. The van der Waals surface area contributed by atoms with E-state index in [-0.39, 0.29) is 3.57 Å². The lowest BCUT2D eigenvalue weighted by atomic mass is 9.99. The summed E-state index contributed by atoms with van der Waals surface area (Å²) in [5.74, 6) is -1.56. The maximum atomic E-state index is 12.9. The molecule has 9 heteroatoms. The predicted molar refractivity (Wildman–Crippen MR) is 65.8 cm³/mol. The van der Waals surface area contributed by atoms with Crippen LogP contribution in [0.4, 0.5) is 26.3 Å². The molecule has 0 heterocycles. The minimum absolute atomic E-state index is 0.138. The van der Waals surface area contributed by atoms with E-state index >= 15 is 0 Å². The van der Waals surface area contributed by atoms with Crippen molar-refractivity contribution in [3.05, 3.63) is 38.5 Å². The Morgan fingerprint density at radius 3 is 2.05 bits per heavy atom. The lowest BCUT2D eigenvalue weighted by Crippen LogP contribution is -2.18. The smallest absolute Gasteiger partial charge is 0.417 e. The van der Waals surface area contributed by atoms with Gasteiger partial charge < -0.3 is 5.11 Å². The van der Waals surface area contributed by atoms with Crippen molar-refractivity contribution in [2.75, 3.05) is 0 Å². The quantitative estimate of drug-likeness (QED) is 0.445. The van der Waals surface area contributed by atoms with Crippen LogP contribution in [0.1, 0.15) is 16.7 Å². The predicted octanol–water partition coefficient (Wildman–Crippen LogP) is 4.43. The van der Waals surface area contributed by atoms with E-state index in [1.54, 1.807) is 0 Å². The van der Waals surface area contributed by atoms with Gasteiger partial charge in [-0.2, -0.15) is 26.3 Å². The number of aliphatic carboxylic acids is 1. The van der Waals surface area contributed by atoms with E-state index < -0.39 is 35.0 Å². The summed E-state index contributed by atoms with van der Waals surface area (Å²) in [5, 5.41) is 8.40. The van der Waals surface area contributed by atoms with E-state index in [0.717, 1.165) is 6.07 Å². The SMILES string of the molecule is O=C(O)/C=C/c1c(I)ccc(C(F)(F)F)c1C(F)(F)F. The second-order valence-electron chi connectivity index (χ2n) is 3.55. The lowest BCUT2D eigenvalue weighted by molar-refractivity contribution is -0.162. The number of carboxylic acid groups (broad SMARTS) is 1. The lowest BCUT2D eigenvalue weighted by Gasteiger charge is -2.18. The van der Waals surface area contributed by atoms with Gasteiger partial charge in [0.05, 0.1) is 11.1 Å². The largest absolute Gasteiger partial charge is 0.478 e. The Morgan fingerprint density at radius 2 is 1.65 bits per heavy atom. The Morgan fingerprint density at radius 1 is 1.10 bits per heavy atom. The van der Waals surface area contributed by atoms with Gasteiger partial charge in [0.25, 0.3) is 0 Å². The van der Waals surface area contributed by atoms with Crippen LogP contribution in [0.25, 0.3) is 6.08 Å². The molecular weight excluding hydrogens is 405 g/mol. The van der Waals surface area contributed by atoms with E-state index in [0.29, 0.717) is 18.2 Å². The maximum Gasteiger partial charge on any atom is 0.417 e. The van der Waals surface area contributed by atoms with Crippen molar-refractivity contribution in [3.63, 3.8) is 0 Å². The van der Waals surface area contributed by atoms with Gasteiger partial charge in [0.1, 0.15) is 0 Å². The summed E-state index contributed by atoms with van der Waals surface area (Å²) in [5.41, 5.74) is -4.57. The number of benzene rings is 1. The summed E-state index contributed by atoms with van der Waals surface area (Å²) in [6.07, 6.45) is -9.60. The minimum atomic E-state index is -5.26. The van der Waals surface area contributed by atoms with Crippen molar-refractivity contribution in [2.45, 2.75) is 12.4 Å². The first-order chi connectivity index (χ1) is 8.94. The second-order valence-corrected chi connectivity index (χ2v) is 4.71. The van der Waals surface area contributed by atoms with Crippen molar-refractivity contribution >= 4 is 34.6 Å². The van der Waals surface area contributed by atoms with E-state index in [1.807, 2.05) is 0 Å². The molecule has 110 valence electrons. The number of carboxylic acids is 1. The van der Waals surface area contributed by atoms with Gasteiger partial charge in [0, 0.05) is 15.2 Å². The van der Waals surface area contributed by atoms with Crippen LogP contribution in [0.2, 0.25) is 0 Å².